The fourth-order valence-corrected chi connectivity index (χ4v) is 2.42. The van der Waals surface area contributed by atoms with Crippen LogP contribution < -0.4 is 5.73 Å². The normalized spacial score (nSPS) is 15.4. The van der Waals surface area contributed by atoms with Crippen molar-refractivity contribution < 1.29 is 9.53 Å². The third-order valence-corrected chi connectivity index (χ3v) is 3.43. The molecule has 1 fully saturated rings. The minimum absolute atomic E-state index is 0.0122. The number of nitrogen functional groups attached to an aromatic ring is 1. The van der Waals surface area contributed by atoms with Crippen molar-refractivity contribution in [2.24, 2.45) is 0 Å². The van der Waals surface area contributed by atoms with Crippen LogP contribution in [0.4, 0.5) is 5.69 Å². The molecule has 2 aromatic rings. The molecule has 104 valence electrons. The second-order valence-corrected chi connectivity index (χ2v) is 4.85. The molecule has 0 aliphatic heterocycles. The summed E-state index contributed by atoms with van der Waals surface area (Å²) in [6, 6.07) is 4.95. The van der Waals surface area contributed by atoms with Gasteiger partial charge < -0.3 is 10.5 Å². The van der Waals surface area contributed by atoms with E-state index in [1.54, 1.807) is 18.2 Å². The molecule has 7 heteroatoms. The zero-order chi connectivity index (χ0) is 13.9. The van der Waals surface area contributed by atoms with Crippen molar-refractivity contribution in [2.45, 2.75) is 31.8 Å². The molecule has 1 aromatic heterocycles. The van der Waals surface area contributed by atoms with Crippen molar-refractivity contribution in [3.05, 3.63) is 23.8 Å². The van der Waals surface area contributed by atoms with Gasteiger partial charge in [0.2, 0.25) is 5.82 Å². The number of nitrogens with two attached hydrogens (primary N) is 1. The molecule has 0 amide bonds. The Morgan fingerprint density at radius 2 is 2.15 bits per heavy atom. The highest BCUT2D eigenvalue weighted by atomic mass is 16.5. The van der Waals surface area contributed by atoms with Gasteiger partial charge in [0.15, 0.2) is 0 Å². The number of benzene rings is 1. The molecule has 1 saturated carbocycles. The maximum Gasteiger partial charge on any atom is 0.339 e. The fraction of sp³-hybridized carbons (Fsp3) is 0.385. The second-order valence-electron chi connectivity index (χ2n) is 4.85. The van der Waals surface area contributed by atoms with E-state index in [9.17, 15) is 4.79 Å². The van der Waals surface area contributed by atoms with E-state index < -0.39 is 0 Å². The van der Waals surface area contributed by atoms with Gasteiger partial charge in [0, 0.05) is 11.3 Å². The monoisotopic (exact) mass is 273 g/mol. The van der Waals surface area contributed by atoms with Gasteiger partial charge >= 0.3 is 5.97 Å². The molecule has 7 nitrogen and oxygen atoms in total. The smallest absolute Gasteiger partial charge is 0.339 e. The van der Waals surface area contributed by atoms with E-state index in [0.717, 1.165) is 25.7 Å². The van der Waals surface area contributed by atoms with E-state index in [1.165, 1.54) is 0 Å². The highest BCUT2D eigenvalue weighted by Crippen LogP contribution is 2.26. The van der Waals surface area contributed by atoms with Gasteiger partial charge in [0.05, 0.1) is 5.56 Å². The molecule has 1 heterocycles. The molecule has 3 rings (SSSR count). The molecule has 0 radical (unpaired) electrons. The maximum atomic E-state index is 12.3. The summed E-state index contributed by atoms with van der Waals surface area (Å²) in [5, 5.41) is 13.7. The maximum absolute atomic E-state index is 12.3. The van der Waals surface area contributed by atoms with Crippen molar-refractivity contribution in [1.29, 1.82) is 0 Å². The standard InChI is InChI=1S/C13H15N5O2/c14-8-5-6-10(11(7-8)12-15-17-18-16-12)13(19)20-9-3-1-2-4-9/h5-7,9H,1-4,14H2,(H,15,16,17,18). The lowest BCUT2D eigenvalue weighted by molar-refractivity contribution is 0.0319. The molecular formula is C13H15N5O2. The molecule has 1 aliphatic rings. The van der Waals surface area contributed by atoms with Gasteiger partial charge in [-0.3, -0.25) is 0 Å². The quantitative estimate of drug-likeness (QED) is 0.649. The van der Waals surface area contributed by atoms with Crippen LogP contribution in [0.5, 0.6) is 0 Å². The number of esters is 1. The summed E-state index contributed by atoms with van der Waals surface area (Å²) in [7, 11) is 0. The number of H-pyrrole nitrogens is 1. The molecular weight excluding hydrogens is 258 g/mol. The van der Waals surface area contributed by atoms with Crippen LogP contribution in [0.2, 0.25) is 0 Å². The van der Waals surface area contributed by atoms with Crippen molar-refractivity contribution in [2.75, 3.05) is 5.73 Å². The van der Waals surface area contributed by atoms with E-state index in [-0.39, 0.29) is 12.1 Å². The first-order valence-corrected chi connectivity index (χ1v) is 6.58. The van der Waals surface area contributed by atoms with E-state index in [2.05, 4.69) is 20.6 Å². The summed E-state index contributed by atoms with van der Waals surface area (Å²) in [6.07, 6.45) is 4.09. The van der Waals surface area contributed by atoms with Gasteiger partial charge in [-0.2, -0.15) is 5.21 Å². The number of rotatable bonds is 3. The van der Waals surface area contributed by atoms with Crippen LogP contribution in [0, 0.1) is 0 Å². The lowest BCUT2D eigenvalue weighted by atomic mass is 10.1. The Hall–Kier alpha value is -2.44. The molecule has 0 unspecified atom stereocenters. The van der Waals surface area contributed by atoms with Crippen LogP contribution in [0.1, 0.15) is 36.0 Å². The van der Waals surface area contributed by atoms with Crippen LogP contribution in [0.25, 0.3) is 11.4 Å². The highest BCUT2D eigenvalue weighted by molar-refractivity contribution is 5.97. The molecule has 0 spiro atoms. The van der Waals surface area contributed by atoms with Crippen LogP contribution in [0.3, 0.4) is 0 Å². The predicted octanol–water partition coefficient (Wildman–Crippen LogP) is 1.55. The van der Waals surface area contributed by atoms with E-state index in [4.69, 9.17) is 10.5 Å². The summed E-state index contributed by atoms with van der Waals surface area (Å²) in [5.74, 6) is -0.0348. The van der Waals surface area contributed by atoms with Gasteiger partial charge in [-0.25, -0.2) is 4.79 Å². The number of aromatic nitrogens is 4. The fourth-order valence-electron chi connectivity index (χ4n) is 2.42. The minimum Gasteiger partial charge on any atom is -0.459 e. The third kappa shape index (κ3) is 2.47. The minimum atomic E-state index is -0.364. The highest BCUT2D eigenvalue weighted by Gasteiger charge is 2.23. The number of carbonyl (C=O) groups is 1. The van der Waals surface area contributed by atoms with Crippen molar-refractivity contribution in [3.63, 3.8) is 0 Å². The average Bonchev–Trinajstić information content (AvgIpc) is 3.11. The second kappa shape index (κ2) is 5.28. The van der Waals surface area contributed by atoms with Gasteiger partial charge in [-0.15, -0.1) is 10.2 Å². The molecule has 0 bridgehead atoms. The number of ether oxygens (including phenoxy) is 1. The number of carbonyl (C=O) groups excluding carboxylic acids is 1. The Balaban J connectivity index is 1.90. The Kier molecular flexibility index (Phi) is 3.32. The van der Waals surface area contributed by atoms with Crippen LogP contribution in [-0.2, 0) is 4.74 Å². The molecule has 0 atom stereocenters. The van der Waals surface area contributed by atoms with Gasteiger partial charge in [0.25, 0.3) is 0 Å². The third-order valence-electron chi connectivity index (χ3n) is 3.43. The van der Waals surface area contributed by atoms with Crippen molar-refractivity contribution >= 4 is 11.7 Å². The van der Waals surface area contributed by atoms with Crippen molar-refractivity contribution in [3.8, 4) is 11.4 Å². The number of nitrogens with zero attached hydrogens (tertiary/aromatic N) is 3. The van der Waals surface area contributed by atoms with Crippen molar-refractivity contribution in [1.82, 2.24) is 20.6 Å². The summed E-state index contributed by atoms with van der Waals surface area (Å²) in [6.45, 7) is 0. The van der Waals surface area contributed by atoms with Gasteiger partial charge in [0.1, 0.15) is 6.10 Å². The predicted molar refractivity (Wildman–Crippen MR) is 71.7 cm³/mol. The molecule has 1 aliphatic carbocycles. The van der Waals surface area contributed by atoms with Crippen LogP contribution in [-0.4, -0.2) is 32.7 Å². The number of nitrogens with one attached hydrogen (secondary N) is 1. The Morgan fingerprint density at radius 3 is 2.85 bits per heavy atom. The zero-order valence-electron chi connectivity index (χ0n) is 10.9. The first kappa shape index (κ1) is 12.6. The average molecular weight is 273 g/mol. The first-order valence-electron chi connectivity index (χ1n) is 6.58. The zero-order valence-corrected chi connectivity index (χ0v) is 10.9. The lowest BCUT2D eigenvalue weighted by Crippen LogP contribution is -2.15. The Labute approximate surface area is 115 Å². The lowest BCUT2D eigenvalue weighted by Gasteiger charge is -2.13. The number of hydrogen-bond donors (Lipinski definition) is 2. The summed E-state index contributed by atoms with van der Waals surface area (Å²) in [5.41, 5.74) is 7.23. The largest absolute Gasteiger partial charge is 0.459 e. The van der Waals surface area contributed by atoms with Crippen LogP contribution in [0.15, 0.2) is 18.2 Å². The Bertz CT molecular complexity index is 605. The summed E-state index contributed by atoms with van der Waals surface area (Å²) >= 11 is 0. The molecule has 1 aromatic carbocycles. The number of anilines is 1. The van der Waals surface area contributed by atoms with Crippen LogP contribution >= 0.6 is 0 Å². The SMILES string of the molecule is Nc1ccc(C(=O)OC2CCCC2)c(-c2nn[nH]n2)c1. The Morgan fingerprint density at radius 1 is 1.35 bits per heavy atom. The molecule has 20 heavy (non-hydrogen) atoms. The topological polar surface area (TPSA) is 107 Å². The van der Waals surface area contributed by atoms with Gasteiger partial charge in [-0.1, -0.05) is 0 Å². The summed E-state index contributed by atoms with van der Waals surface area (Å²) in [4.78, 5) is 12.3. The van der Waals surface area contributed by atoms with E-state index in [0.29, 0.717) is 22.6 Å². The van der Waals surface area contributed by atoms with E-state index >= 15 is 0 Å². The molecule has 0 saturated heterocycles. The van der Waals surface area contributed by atoms with Gasteiger partial charge in [-0.05, 0) is 49.1 Å². The molecule has 3 N–H and O–H groups in total. The number of hydrogen-bond acceptors (Lipinski definition) is 6. The number of aromatic amines is 1. The first-order chi connectivity index (χ1) is 9.74. The number of tetrazole rings is 1. The van der Waals surface area contributed by atoms with E-state index in [1.807, 2.05) is 0 Å². The summed E-state index contributed by atoms with van der Waals surface area (Å²) < 4.78 is 5.51.